The van der Waals surface area contributed by atoms with Crippen LogP contribution in [0.5, 0.6) is 0 Å². The van der Waals surface area contributed by atoms with Gasteiger partial charge in [-0.2, -0.15) is 5.10 Å². The van der Waals surface area contributed by atoms with Crippen LogP contribution in [0.25, 0.3) is 0 Å². The zero-order chi connectivity index (χ0) is 11.5. The number of nitrogens with zero attached hydrogens (tertiary/aromatic N) is 4. The molecular formula is C11H19ClN4. The Morgan fingerprint density at radius 3 is 2.88 bits per heavy atom. The highest BCUT2D eigenvalue weighted by molar-refractivity contribution is 6.18. The van der Waals surface area contributed by atoms with Crippen LogP contribution in [-0.4, -0.2) is 38.1 Å². The summed E-state index contributed by atoms with van der Waals surface area (Å²) in [7, 11) is 0. The van der Waals surface area contributed by atoms with E-state index in [9.17, 15) is 0 Å². The first kappa shape index (κ1) is 11.9. The molecule has 1 aliphatic rings. The van der Waals surface area contributed by atoms with Gasteiger partial charge in [0.25, 0.3) is 0 Å². The predicted octanol–water partition coefficient (Wildman–Crippen LogP) is 2.06. The molecule has 2 rings (SSSR count). The second-order valence-electron chi connectivity index (χ2n) is 4.61. The average Bonchev–Trinajstić information content (AvgIpc) is 2.98. The number of hydrogen-bond acceptors (Lipinski definition) is 3. The van der Waals surface area contributed by atoms with E-state index in [4.69, 9.17) is 11.6 Å². The topological polar surface area (TPSA) is 34.0 Å². The first-order valence-corrected chi connectivity index (χ1v) is 6.44. The van der Waals surface area contributed by atoms with Crippen LogP contribution in [0.15, 0.2) is 6.33 Å². The van der Waals surface area contributed by atoms with E-state index in [2.05, 4.69) is 28.8 Å². The molecular weight excluding hydrogens is 224 g/mol. The molecule has 0 atom stereocenters. The largest absolute Gasteiger partial charge is 0.292 e. The normalized spacial score (nSPS) is 16.3. The molecule has 0 aromatic carbocycles. The molecule has 1 saturated carbocycles. The molecule has 4 nitrogen and oxygen atoms in total. The van der Waals surface area contributed by atoms with E-state index in [0.717, 1.165) is 25.0 Å². The van der Waals surface area contributed by atoms with Crippen LogP contribution in [0.1, 0.15) is 38.6 Å². The SMILES string of the molecule is CC(C)n1ncnc1CN(CCCl)C1CC1. The van der Waals surface area contributed by atoms with Crippen LogP contribution in [-0.2, 0) is 6.54 Å². The molecule has 0 N–H and O–H groups in total. The van der Waals surface area contributed by atoms with Crippen molar-refractivity contribution in [3.63, 3.8) is 0 Å². The van der Waals surface area contributed by atoms with E-state index in [1.165, 1.54) is 12.8 Å². The lowest BCUT2D eigenvalue weighted by molar-refractivity contribution is 0.255. The quantitative estimate of drug-likeness (QED) is 0.717. The van der Waals surface area contributed by atoms with Crippen molar-refractivity contribution in [2.24, 2.45) is 0 Å². The highest BCUT2D eigenvalue weighted by Gasteiger charge is 2.29. The molecule has 1 aromatic rings. The number of hydrogen-bond donors (Lipinski definition) is 0. The van der Waals surface area contributed by atoms with Crippen molar-refractivity contribution in [2.45, 2.75) is 45.3 Å². The lowest BCUT2D eigenvalue weighted by Crippen LogP contribution is -2.29. The number of alkyl halides is 1. The Bertz CT molecular complexity index is 332. The summed E-state index contributed by atoms with van der Waals surface area (Å²) in [5.41, 5.74) is 0. The third-order valence-corrected chi connectivity index (χ3v) is 3.08. The molecule has 1 aromatic heterocycles. The van der Waals surface area contributed by atoms with E-state index in [1.54, 1.807) is 6.33 Å². The fraction of sp³-hybridized carbons (Fsp3) is 0.818. The van der Waals surface area contributed by atoms with E-state index in [-0.39, 0.29) is 0 Å². The number of rotatable bonds is 6. The monoisotopic (exact) mass is 242 g/mol. The van der Waals surface area contributed by atoms with Gasteiger partial charge in [0, 0.05) is 24.5 Å². The van der Waals surface area contributed by atoms with Gasteiger partial charge in [-0.05, 0) is 26.7 Å². The van der Waals surface area contributed by atoms with Crippen molar-refractivity contribution in [1.29, 1.82) is 0 Å². The van der Waals surface area contributed by atoms with Crippen LogP contribution in [0.2, 0.25) is 0 Å². The summed E-state index contributed by atoms with van der Waals surface area (Å²) in [6, 6.07) is 1.09. The third kappa shape index (κ3) is 2.74. The minimum absolute atomic E-state index is 0.370. The molecule has 0 radical (unpaired) electrons. The molecule has 16 heavy (non-hydrogen) atoms. The third-order valence-electron chi connectivity index (χ3n) is 2.92. The van der Waals surface area contributed by atoms with Gasteiger partial charge < -0.3 is 0 Å². The highest BCUT2D eigenvalue weighted by atomic mass is 35.5. The molecule has 0 unspecified atom stereocenters. The summed E-state index contributed by atoms with van der Waals surface area (Å²) in [5, 5.41) is 4.25. The van der Waals surface area contributed by atoms with E-state index >= 15 is 0 Å². The summed E-state index contributed by atoms with van der Waals surface area (Å²) < 4.78 is 1.99. The second kappa shape index (κ2) is 5.15. The van der Waals surface area contributed by atoms with Crippen LogP contribution in [0.4, 0.5) is 0 Å². The fourth-order valence-electron chi connectivity index (χ4n) is 1.94. The maximum absolute atomic E-state index is 5.83. The molecule has 1 heterocycles. The Morgan fingerprint density at radius 2 is 2.31 bits per heavy atom. The highest BCUT2D eigenvalue weighted by Crippen LogP contribution is 2.28. The molecule has 1 aliphatic carbocycles. The number of halogens is 1. The minimum atomic E-state index is 0.370. The Kier molecular flexibility index (Phi) is 3.82. The zero-order valence-electron chi connectivity index (χ0n) is 9.93. The molecule has 0 spiro atoms. The molecule has 90 valence electrons. The summed E-state index contributed by atoms with van der Waals surface area (Å²) in [6.45, 7) is 6.06. The van der Waals surface area contributed by atoms with Crippen molar-refractivity contribution in [1.82, 2.24) is 19.7 Å². The van der Waals surface area contributed by atoms with Gasteiger partial charge in [0.15, 0.2) is 0 Å². The summed E-state index contributed by atoms with van der Waals surface area (Å²) in [4.78, 5) is 6.75. The van der Waals surface area contributed by atoms with Gasteiger partial charge in [-0.15, -0.1) is 11.6 Å². The van der Waals surface area contributed by atoms with Crippen molar-refractivity contribution in [3.8, 4) is 0 Å². The van der Waals surface area contributed by atoms with Gasteiger partial charge >= 0.3 is 0 Å². The standard InChI is InChI=1S/C11H19ClN4/c1-9(2)16-11(13-8-14-16)7-15(6-5-12)10-3-4-10/h8-10H,3-7H2,1-2H3. The van der Waals surface area contributed by atoms with Crippen molar-refractivity contribution in [2.75, 3.05) is 12.4 Å². The van der Waals surface area contributed by atoms with E-state index in [1.807, 2.05) is 4.68 Å². The Balaban J connectivity index is 2.02. The van der Waals surface area contributed by atoms with Gasteiger partial charge in [-0.3, -0.25) is 4.90 Å². The van der Waals surface area contributed by atoms with E-state index < -0.39 is 0 Å². The van der Waals surface area contributed by atoms with Gasteiger partial charge in [-0.1, -0.05) is 0 Å². The van der Waals surface area contributed by atoms with Gasteiger partial charge in [-0.25, -0.2) is 9.67 Å². The van der Waals surface area contributed by atoms with E-state index in [0.29, 0.717) is 11.9 Å². The maximum atomic E-state index is 5.83. The fourth-order valence-corrected chi connectivity index (χ4v) is 2.16. The van der Waals surface area contributed by atoms with Crippen LogP contribution in [0.3, 0.4) is 0 Å². The summed E-state index contributed by atoms with van der Waals surface area (Å²) in [6.07, 6.45) is 4.24. The summed E-state index contributed by atoms with van der Waals surface area (Å²) in [5.74, 6) is 1.73. The molecule has 0 saturated heterocycles. The Hall–Kier alpha value is -0.610. The first-order chi connectivity index (χ1) is 7.72. The van der Waals surface area contributed by atoms with Gasteiger partial charge in [0.1, 0.15) is 12.2 Å². The lowest BCUT2D eigenvalue weighted by Gasteiger charge is -2.21. The second-order valence-corrected chi connectivity index (χ2v) is 4.98. The van der Waals surface area contributed by atoms with Crippen LogP contribution >= 0.6 is 11.6 Å². The molecule has 1 fully saturated rings. The van der Waals surface area contributed by atoms with Crippen LogP contribution in [0, 0.1) is 0 Å². The molecule has 0 aliphatic heterocycles. The molecule has 0 bridgehead atoms. The lowest BCUT2D eigenvalue weighted by atomic mass is 10.3. The predicted molar refractivity (Wildman–Crippen MR) is 64.6 cm³/mol. The van der Waals surface area contributed by atoms with Crippen molar-refractivity contribution < 1.29 is 0 Å². The summed E-state index contributed by atoms with van der Waals surface area (Å²) >= 11 is 5.83. The number of aromatic nitrogens is 3. The zero-order valence-corrected chi connectivity index (χ0v) is 10.7. The molecule has 0 amide bonds. The van der Waals surface area contributed by atoms with Gasteiger partial charge in [0.05, 0.1) is 6.54 Å². The minimum Gasteiger partial charge on any atom is -0.292 e. The van der Waals surface area contributed by atoms with Crippen molar-refractivity contribution in [3.05, 3.63) is 12.2 Å². The van der Waals surface area contributed by atoms with Gasteiger partial charge in [0.2, 0.25) is 0 Å². The first-order valence-electron chi connectivity index (χ1n) is 5.90. The Morgan fingerprint density at radius 1 is 1.56 bits per heavy atom. The molecule has 5 heteroatoms. The maximum Gasteiger partial charge on any atom is 0.141 e. The van der Waals surface area contributed by atoms with Crippen LogP contribution < -0.4 is 0 Å². The average molecular weight is 243 g/mol. The smallest absolute Gasteiger partial charge is 0.141 e. The Labute approximate surface area is 102 Å². The van der Waals surface area contributed by atoms with Crippen molar-refractivity contribution >= 4 is 11.6 Å².